The van der Waals surface area contributed by atoms with E-state index in [0.29, 0.717) is 5.56 Å². The van der Waals surface area contributed by atoms with Crippen molar-refractivity contribution in [2.45, 2.75) is 11.4 Å². The third-order valence-electron chi connectivity index (χ3n) is 3.05. The van der Waals surface area contributed by atoms with Gasteiger partial charge in [-0.2, -0.15) is 4.31 Å². The summed E-state index contributed by atoms with van der Waals surface area (Å²) in [7, 11) is -0.838. The fourth-order valence-electron chi connectivity index (χ4n) is 1.98. The molecule has 0 N–H and O–H groups in total. The summed E-state index contributed by atoms with van der Waals surface area (Å²) in [6, 6.07) is 12.3. The molecule has 0 aliphatic rings. The van der Waals surface area contributed by atoms with E-state index in [-0.39, 0.29) is 17.2 Å². The molecular weight excluding hydrogens is 293 g/mol. The highest BCUT2D eigenvalue weighted by Gasteiger charge is 2.24. The van der Waals surface area contributed by atoms with Gasteiger partial charge in [0, 0.05) is 13.6 Å². The summed E-state index contributed by atoms with van der Waals surface area (Å²) in [4.78, 5) is 0.0893. The summed E-state index contributed by atoms with van der Waals surface area (Å²) < 4.78 is 44.5. The SMILES string of the molecule is COc1ccccc1S(=O)(=O)N(C)Cc1cccc(F)c1. The van der Waals surface area contributed by atoms with E-state index in [1.54, 1.807) is 30.3 Å². The molecule has 112 valence electrons. The lowest BCUT2D eigenvalue weighted by molar-refractivity contribution is 0.397. The fourth-order valence-corrected chi connectivity index (χ4v) is 3.29. The van der Waals surface area contributed by atoms with Crippen LogP contribution in [0.25, 0.3) is 0 Å². The Morgan fingerprint density at radius 3 is 2.52 bits per heavy atom. The molecule has 0 heterocycles. The Morgan fingerprint density at radius 1 is 1.14 bits per heavy atom. The van der Waals surface area contributed by atoms with Gasteiger partial charge < -0.3 is 4.74 Å². The van der Waals surface area contributed by atoms with Crippen LogP contribution in [0.3, 0.4) is 0 Å². The first-order chi connectivity index (χ1) is 9.95. The van der Waals surface area contributed by atoms with E-state index in [4.69, 9.17) is 4.74 Å². The minimum atomic E-state index is -3.71. The summed E-state index contributed by atoms with van der Waals surface area (Å²) >= 11 is 0. The molecular formula is C15H16FNO3S. The first kappa shape index (κ1) is 15.5. The fraction of sp³-hybridized carbons (Fsp3) is 0.200. The third kappa shape index (κ3) is 3.40. The Bertz CT molecular complexity index is 731. The number of sulfonamides is 1. The van der Waals surface area contributed by atoms with Crippen LogP contribution in [0.5, 0.6) is 5.75 Å². The highest BCUT2D eigenvalue weighted by Crippen LogP contribution is 2.26. The summed E-state index contributed by atoms with van der Waals surface area (Å²) in [6.07, 6.45) is 0. The number of para-hydroxylation sites is 1. The number of ether oxygens (including phenoxy) is 1. The van der Waals surface area contributed by atoms with Gasteiger partial charge >= 0.3 is 0 Å². The second kappa shape index (κ2) is 6.24. The topological polar surface area (TPSA) is 46.6 Å². The number of halogens is 1. The molecule has 2 aromatic carbocycles. The number of benzene rings is 2. The van der Waals surface area contributed by atoms with Crippen molar-refractivity contribution in [2.75, 3.05) is 14.2 Å². The molecule has 0 spiro atoms. The molecule has 0 radical (unpaired) electrons. The Labute approximate surface area is 123 Å². The highest BCUT2D eigenvalue weighted by atomic mass is 32.2. The molecule has 0 atom stereocenters. The van der Waals surface area contributed by atoms with E-state index in [0.717, 1.165) is 0 Å². The molecule has 2 rings (SSSR count). The van der Waals surface area contributed by atoms with Gasteiger partial charge in [-0.1, -0.05) is 24.3 Å². The van der Waals surface area contributed by atoms with Crippen LogP contribution in [0.2, 0.25) is 0 Å². The van der Waals surface area contributed by atoms with Crippen LogP contribution in [-0.4, -0.2) is 26.9 Å². The average Bonchev–Trinajstić information content (AvgIpc) is 2.47. The number of hydrogen-bond acceptors (Lipinski definition) is 3. The lowest BCUT2D eigenvalue weighted by Crippen LogP contribution is -2.26. The van der Waals surface area contributed by atoms with Gasteiger partial charge in [-0.25, -0.2) is 12.8 Å². The van der Waals surface area contributed by atoms with E-state index >= 15 is 0 Å². The van der Waals surface area contributed by atoms with Gasteiger partial charge in [0.25, 0.3) is 0 Å². The molecule has 0 aromatic heterocycles. The lowest BCUT2D eigenvalue weighted by atomic mass is 10.2. The summed E-state index contributed by atoms with van der Waals surface area (Å²) in [5, 5.41) is 0. The van der Waals surface area contributed by atoms with Crippen molar-refractivity contribution in [3.05, 3.63) is 59.9 Å². The molecule has 0 saturated heterocycles. The predicted molar refractivity (Wildman–Crippen MR) is 78.0 cm³/mol. The maximum absolute atomic E-state index is 13.2. The van der Waals surface area contributed by atoms with Gasteiger partial charge in [0.1, 0.15) is 16.5 Å². The first-order valence-corrected chi connectivity index (χ1v) is 7.73. The molecule has 0 aliphatic heterocycles. The van der Waals surface area contributed by atoms with Crippen molar-refractivity contribution in [2.24, 2.45) is 0 Å². The normalized spacial score (nSPS) is 11.6. The van der Waals surface area contributed by atoms with E-state index in [9.17, 15) is 12.8 Å². The predicted octanol–water partition coefficient (Wildman–Crippen LogP) is 2.66. The highest BCUT2D eigenvalue weighted by molar-refractivity contribution is 7.89. The largest absolute Gasteiger partial charge is 0.495 e. The maximum Gasteiger partial charge on any atom is 0.246 e. The quantitative estimate of drug-likeness (QED) is 0.853. The molecule has 4 nitrogen and oxygen atoms in total. The van der Waals surface area contributed by atoms with Crippen molar-refractivity contribution in [1.82, 2.24) is 4.31 Å². The van der Waals surface area contributed by atoms with Crippen molar-refractivity contribution < 1.29 is 17.5 Å². The number of hydrogen-bond donors (Lipinski definition) is 0. The Balaban J connectivity index is 2.31. The number of rotatable bonds is 5. The second-order valence-electron chi connectivity index (χ2n) is 4.54. The minimum absolute atomic E-state index is 0.0815. The van der Waals surface area contributed by atoms with Crippen molar-refractivity contribution >= 4 is 10.0 Å². The van der Waals surface area contributed by atoms with Gasteiger partial charge in [-0.3, -0.25) is 0 Å². The van der Waals surface area contributed by atoms with Gasteiger partial charge in [0.2, 0.25) is 10.0 Å². The zero-order valence-corrected chi connectivity index (χ0v) is 12.6. The molecule has 0 saturated carbocycles. The van der Waals surface area contributed by atoms with Gasteiger partial charge in [0.05, 0.1) is 7.11 Å². The number of nitrogens with zero attached hydrogens (tertiary/aromatic N) is 1. The zero-order chi connectivity index (χ0) is 15.5. The van der Waals surface area contributed by atoms with Gasteiger partial charge in [-0.05, 0) is 29.8 Å². The van der Waals surface area contributed by atoms with Crippen LogP contribution in [0.1, 0.15) is 5.56 Å². The van der Waals surface area contributed by atoms with Crippen LogP contribution in [0.4, 0.5) is 4.39 Å². The summed E-state index contributed by atoms with van der Waals surface area (Å²) in [5.74, 6) is -0.112. The van der Waals surface area contributed by atoms with Crippen LogP contribution >= 0.6 is 0 Å². The first-order valence-electron chi connectivity index (χ1n) is 6.29. The Hall–Kier alpha value is -1.92. The Morgan fingerprint density at radius 2 is 1.86 bits per heavy atom. The number of methoxy groups -OCH3 is 1. The second-order valence-corrected chi connectivity index (χ2v) is 6.56. The lowest BCUT2D eigenvalue weighted by Gasteiger charge is -2.18. The van der Waals surface area contributed by atoms with Crippen LogP contribution < -0.4 is 4.74 Å². The molecule has 0 unspecified atom stereocenters. The van der Waals surface area contributed by atoms with Gasteiger partial charge in [-0.15, -0.1) is 0 Å². The standard InChI is InChI=1S/C15H16FNO3S/c1-17(11-12-6-5-7-13(16)10-12)21(18,19)15-9-4-3-8-14(15)20-2/h3-10H,11H2,1-2H3. The van der Waals surface area contributed by atoms with Crippen LogP contribution in [-0.2, 0) is 16.6 Å². The molecule has 0 bridgehead atoms. The maximum atomic E-state index is 13.2. The van der Waals surface area contributed by atoms with E-state index < -0.39 is 15.8 Å². The molecule has 6 heteroatoms. The third-order valence-corrected chi connectivity index (χ3v) is 4.89. The molecule has 21 heavy (non-hydrogen) atoms. The monoisotopic (exact) mass is 309 g/mol. The molecule has 0 aliphatic carbocycles. The summed E-state index contributed by atoms with van der Waals surface area (Å²) in [6.45, 7) is 0.0815. The van der Waals surface area contributed by atoms with Crippen LogP contribution in [0, 0.1) is 5.82 Å². The molecule has 0 amide bonds. The van der Waals surface area contributed by atoms with Crippen molar-refractivity contribution in [1.29, 1.82) is 0 Å². The molecule has 2 aromatic rings. The zero-order valence-electron chi connectivity index (χ0n) is 11.8. The van der Waals surface area contributed by atoms with E-state index in [1.807, 2.05) is 0 Å². The Kier molecular flexibility index (Phi) is 4.59. The molecule has 0 fully saturated rings. The minimum Gasteiger partial charge on any atom is -0.495 e. The van der Waals surface area contributed by atoms with E-state index in [2.05, 4.69) is 0 Å². The van der Waals surface area contributed by atoms with Crippen LogP contribution in [0.15, 0.2) is 53.4 Å². The van der Waals surface area contributed by atoms with E-state index in [1.165, 1.54) is 36.7 Å². The van der Waals surface area contributed by atoms with Crippen molar-refractivity contribution in [3.63, 3.8) is 0 Å². The van der Waals surface area contributed by atoms with Gasteiger partial charge in [0.15, 0.2) is 0 Å². The summed E-state index contributed by atoms with van der Waals surface area (Å²) in [5.41, 5.74) is 0.580. The average molecular weight is 309 g/mol. The smallest absolute Gasteiger partial charge is 0.246 e. The van der Waals surface area contributed by atoms with Crippen molar-refractivity contribution in [3.8, 4) is 5.75 Å².